The zero-order valence-electron chi connectivity index (χ0n) is 12.8. The number of phenols is 2. The fourth-order valence-electron chi connectivity index (χ4n) is 1.93. The molecule has 0 aliphatic heterocycles. The van der Waals surface area contributed by atoms with Gasteiger partial charge in [0.15, 0.2) is 23.0 Å². The van der Waals surface area contributed by atoms with E-state index in [-0.39, 0.29) is 22.8 Å². The summed E-state index contributed by atoms with van der Waals surface area (Å²) in [6.07, 6.45) is 0. The SMILES string of the molecule is COc1cc(C(=O)Oc2ccc(O)c(O)c2)cc(OC)c1OC. The van der Waals surface area contributed by atoms with Gasteiger partial charge in [-0.2, -0.15) is 0 Å². The number of rotatable bonds is 5. The second-order valence-corrected chi connectivity index (χ2v) is 4.45. The average molecular weight is 320 g/mol. The number of carbonyl (C=O) groups is 1. The van der Waals surface area contributed by atoms with Gasteiger partial charge in [-0.15, -0.1) is 0 Å². The second-order valence-electron chi connectivity index (χ2n) is 4.45. The topological polar surface area (TPSA) is 94.5 Å². The molecule has 2 rings (SSSR count). The van der Waals surface area contributed by atoms with Gasteiger partial charge in [-0.3, -0.25) is 0 Å². The Balaban J connectivity index is 2.33. The number of ether oxygens (including phenoxy) is 4. The van der Waals surface area contributed by atoms with Crippen molar-refractivity contribution in [3.8, 4) is 34.5 Å². The highest BCUT2D eigenvalue weighted by Gasteiger charge is 2.18. The normalized spacial score (nSPS) is 10.0. The van der Waals surface area contributed by atoms with Gasteiger partial charge in [-0.25, -0.2) is 4.79 Å². The quantitative estimate of drug-likeness (QED) is 0.496. The summed E-state index contributed by atoms with van der Waals surface area (Å²) in [6.45, 7) is 0. The summed E-state index contributed by atoms with van der Waals surface area (Å²) in [5.41, 5.74) is 0.173. The molecule has 122 valence electrons. The third-order valence-electron chi connectivity index (χ3n) is 3.06. The summed E-state index contributed by atoms with van der Waals surface area (Å²) in [7, 11) is 4.33. The first kappa shape index (κ1) is 16.3. The molecule has 23 heavy (non-hydrogen) atoms. The van der Waals surface area contributed by atoms with E-state index in [0.29, 0.717) is 17.2 Å². The molecule has 0 atom stereocenters. The smallest absolute Gasteiger partial charge is 0.343 e. The van der Waals surface area contributed by atoms with Gasteiger partial charge < -0.3 is 29.2 Å². The van der Waals surface area contributed by atoms with Crippen molar-refractivity contribution < 1.29 is 34.0 Å². The van der Waals surface area contributed by atoms with Crippen LogP contribution in [0.2, 0.25) is 0 Å². The molecule has 0 radical (unpaired) electrons. The summed E-state index contributed by atoms with van der Waals surface area (Å²) < 4.78 is 20.7. The Morgan fingerprint density at radius 1 is 0.870 bits per heavy atom. The maximum atomic E-state index is 12.2. The monoisotopic (exact) mass is 320 g/mol. The van der Waals surface area contributed by atoms with Crippen molar-refractivity contribution in [3.05, 3.63) is 35.9 Å². The van der Waals surface area contributed by atoms with E-state index in [1.54, 1.807) is 0 Å². The van der Waals surface area contributed by atoms with E-state index in [1.807, 2.05) is 0 Å². The van der Waals surface area contributed by atoms with Crippen molar-refractivity contribution in [3.63, 3.8) is 0 Å². The minimum atomic E-state index is -0.686. The van der Waals surface area contributed by atoms with Crippen LogP contribution in [0.5, 0.6) is 34.5 Å². The van der Waals surface area contributed by atoms with Gasteiger partial charge >= 0.3 is 5.97 Å². The molecule has 0 fully saturated rings. The third kappa shape index (κ3) is 3.39. The molecule has 2 N–H and O–H groups in total. The molecule has 7 nitrogen and oxygen atoms in total. The van der Waals surface area contributed by atoms with Gasteiger partial charge in [-0.05, 0) is 24.3 Å². The van der Waals surface area contributed by atoms with E-state index in [4.69, 9.17) is 18.9 Å². The standard InChI is InChI=1S/C16H16O7/c1-20-13-6-9(7-14(21-2)15(13)22-3)16(19)23-10-4-5-11(17)12(18)8-10/h4-8,17-18H,1-3H3. The highest BCUT2D eigenvalue weighted by Crippen LogP contribution is 2.38. The van der Waals surface area contributed by atoms with E-state index in [9.17, 15) is 15.0 Å². The lowest BCUT2D eigenvalue weighted by molar-refractivity contribution is 0.0733. The first-order valence-electron chi connectivity index (χ1n) is 6.54. The van der Waals surface area contributed by atoms with Crippen LogP contribution in [0.25, 0.3) is 0 Å². The number of benzene rings is 2. The van der Waals surface area contributed by atoms with Crippen LogP contribution < -0.4 is 18.9 Å². The number of hydrogen-bond acceptors (Lipinski definition) is 7. The highest BCUT2D eigenvalue weighted by molar-refractivity contribution is 5.92. The largest absolute Gasteiger partial charge is 0.504 e. The molecule has 0 amide bonds. The number of esters is 1. The summed E-state index contributed by atoms with van der Waals surface area (Å²) in [4.78, 5) is 12.2. The van der Waals surface area contributed by atoms with Crippen molar-refractivity contribution in [2.45, 2.75) is 0 Å². The Morgan fingerprint density at radius 2 is 1.48 bits per heavy atom. The van der Waals surface area contributed by atoms with Crippen LogP contribution in [0.4, 0.5) is 0 Å². The minimum absolute atomic E-state index is 0.0825. The minimum Gasteiger partial charge on any atom is -0.504 e. The van der Waals surface area contributed by atoms with E-state index in [1.165, 1.54) is 45.6 Å². The van der Waals surface area contributed by atoms with Gasteiger partial charge in [-0.1, -0.05) is 0 Å². The molecule has 0 aromatic heterocycles. The van der Waals surface area contributed by atoms with Crippen molar-refractivity contribution in [1.82, 2.24) is 0 Å². The molecule has 0 aliphatic carbocycles. The van der Waals surface area contributed by atoms with E-state index in [0.717, 1.165) is 6.07 Å². The lowest BCUT2D eigenvalue weighted by Crippen LogP contribution is -2.09. The van der Waals surface area contributed by atoms with Crippen LogP contribution in [-0.4, -0.2) is 37.5 Å². The Hall–Kier alpha value is -3.09. The van der Waals surface area contributed by atoms with Gasteiger partial charge in [0.1, 0.15) is 5.75 Å². The molecule has 0 spiro atoms. The fraction of sp³-hybridized carbons (Fsp3) is 0.188. The van der Waals surface area contributed by atoms with Crippen LogP contribution in [-0.2, 0) is 0 Å². The predicted molar refractivity (Wildman–Crippen MR) is 80.8 cm³/mol. The number of methoxy groups -OCH3 is 3. The van der Waals surface area contributed by atoms with Crippen molar-refractivity contribution in [1.29, 1.82) is 0 Å². The molecule has 0 aliphatic rings. The lowest BCUT2D eigenvalue weighted by atomic mass is 10.2. The molecule has 0 unspecified atom stereocenters. The second kappa shape index (κ2) is 6.78. The molecule has 2 aromatic rings. The summed E-state index contributed by atoms with van der Waals surface area (Å²) in [5.74, 6) is -0.320. The number of hydrogen-bond donors (Lipinski definition) is 2. The molecular weight excluding hydrogens is 304 g/mol. The van der Waals surface area contributed by atoms with E-state index < -0.39 is 5.97 Å². The first-order chi connectivity index (χ1) is 11.0. The Kier molecular flexibility index (Phi) is 4.80. The van der Waals surface area contributed by atoms with Crippen molar-refractivity contribution in [2.75, 3.05) is 21.3 Å². The maximum Gasteiger partial charge on any atom is 0.343 e. The molecule has 0 heterocycles. The number of phenolic OH excluding ortho intramolecular Hbond substituents is 2. The van der Waals surface area contributed by atoms with Gasteiger partial charge in [0.25, 0.3) is 0 Å². The predicted octanol–water partition coefficient (Wildman–Crippen LogP) is 2.34. The molecule has 0 bridgehead atoms. The lowest BCUT2D eigenvalue weighted by Gasteiger charge is -2.13. The van der Waals surface area contributed by atoms with Gasteiger partial charge in [0.2, 0.25) is 5.75 Å². The van der Waals surface area contributed by atoms with E-state index in [2.05, 4.69) is 0 Å². The van der Waals surface area contributed by atoms with E-state index >= 15 is 0 Å². The Labute approximate surface area is 132 Å². The summed E-state index contributed by atoms with van der Waals surface area (Å²) >= 11 is 0. The highest BCUT2D eigenvalue weighted by atomic mass is 16.5. The molecule has 7 heteroatoms. The van der Waals surface area contributed by atoms with Crippen LogP contribution in [0.1, 0.15) is 10.4 Å². The fourth-order valence-corrected chi connectivity index (χ4v) is 1.93. The third-order valence-corrected chi connectivity index (χ3v) is 3.06. The van der Waals surface area contributed by atoms with Crippen LogP contribution in [0.3, 0.4) is 0 Å². The van der Waals surface area contributed by atoms with Crippen LogP contribution in [0.15, 0.2) is 30.3 Å². The number of carbonyl (C=O) groups excluding carboxylic acids is 1. The Bertz CT molecular complexity index is 699. The average Bonchev–Trinajstić information content (AvgIpc) is 2.56. The van der Waals surface area contributed by atoms with Gasteiger partial charge in [0, 0.05) is 6.07 Å². The Morgan fingerprint density at radius 3 is 1.96 bits per heavy atom. The molecule has 0 saturated heterocycles. The maximum absolute atomic E-state index is 12.2. The summed E-state index contributed by atoms with van der Waals surface area (Å²) in [6, 6.07) is 6.59. The summed E-state index contributed by atoms with van der Waals surface area (Å²) in [5, 5.41) is 18.7. The van der Waals surface area contributed by atoms with Crippen molar-refractivity contribution >= 4 is 5.97 Å². The zero-order valence-corrected chi connectivity index (χ0v) is 12.8. The molecular formula is C16H16O7. The zero-order chi connectivity index (χ0) is 17.0. The van der Waals surface area contributed by atoms with Crippen molar-refractivity contribution in [2.24, 2.45) is 0 Å². The van der Waals surface area contributed by atoms with Gasteiger partial charge in [0.05, 0.1) is 26.9 Å². The number of aromatic hydroxyl groups is 2. The van der Waals surface area contributed by atoms with Crippen LogP contribution >= 0.6 is 0 Å². The molecule has 0 saturated carbocycles. The first-order valence-corrected chi connectivity index (χ1v) is 6.54. The van der Waals surface area contributed by atoms with Crippen LogP contribution in [0, 0.1) is 0 Å². The molecule has 2 aromatic carbocycles.